The molecule has 0 saturated carbocycles. The first-order valence-electron chi connectivity index (χ1n) is 8.13. The van der Waals surface area contributed by atoms with Crippen LogP contribution in [-0.4, -0.2) is 38.9 Å². The van der Waals surface area contributed by atoms with E-state index in [1.54, 1.807) is 7.11 Å². The number of ether oxygens (including phenoxy) is 2. The highest BCUT2D eigenvalue weighted by Gasteiger charge is 2.18. The summed E-state index contributed by atoms with van der Waals surface area (Å²) in [6.45, 7) is 3.18. The molecule has 0 aliphatic carbocycles. The number of hydrogen-bond acceptors (Lipinski definition) is 4. The smallest absolute Gasteiger partial charge is 0.161 e. The Morgan fingerprint density at radius 2 is 2.05 bits per heavy atom. The first kappa shape index (κ1) is 14.7. The standard InChI is InChI=1S/C17H26N2O2/c1-20-16-7-6-13(10-14-4-2-9-19-14)11-17(16)21-15-5-3-8-18-12-15/h6-7,11,14-15,18-19H,2-5,8-10,12H2,1H3. The van der Waals surface area contributed by atoms with Crippen molar-refractivity contribution >= 4 is 0 Å². The Balaban J connectivity index is 1.69. The van der Waals surface area contributed by atoms with Crippen molar-refractivity contribution in [1.29, 1.82) is 0 Å². The molecule has 0 bridgehead atoms. The van der Waals surface area contributed by atoms with Gasteiger partial charge in [-0.15, -0.1) is 0 Å². The number of benzene rings is 1. The summed E-state index contributed by atoms with van der Waals surface area (Å²) in [7, 11) is 1.71. The van der Waals surface area contributed by atoms with Gasteiger partial charge in [0, 0.05) is 12.6 Å². The van der Waals surface area contributed by atoms with E-state index in [0.29, 0.717) is 6.04 Å². The summed E-state index contributed by atoms with van der Waals surface area (Å²) in [6.07, 6.45) is 6.19. The zero-order valence-electron chi connectivity index (χ0n) is 12.9. The maximum atomic E-state index is 6.17. The molecule has 0 radical (unpaired) electrons. The van der Waals surface area contributed by atoms with E-state index in [0.717, 1.165) is 44.0 Å². The number of methoxy groups -OCH3 is 1. The average Bonchev–Trinajstić information content (AvgIpc) is 3.02. The van der Waals surface area contributed by atoms with Gasteiger partial charge < -0.3 is 20.1 Å². The summed E-state index contributed by atoms with van der Waals surface area (Å²) in [5.41, 5.74) is 1.33. The van der Waals surface area contributed by atoms with Crippen molar-refractivity contribution in [2.75, 3.05) is 26.7 Å². The van der Waals surface area contributed by atoms with Crippen molar-refractivity contribution in [3.8, 4) is 11.5 Å². The van der Waals surface area contributed by atoms with Crippen LogP contribution in [0.1, 0.15) is 31.2 Å². The second-order valence-corrected chi connectivity index (χ2v) is 6.07. The van der Waals surface area contributed by atoms with Crippen molar-refractivity contribution in [3.63, 3.8) is 0 Å². The third kappa shape index (κ3) is 3.89. The maximum absolute atomic E-state index is 6.17. The fourth-order valence-corrected chi connectivity index (χ4v) is 3.26. The molecule has 2 saturated heterocycles. The normalized spacial score (nSPS) is 25.8. The van der Waals surface area contributed by atoms with Gasteiger partial charge in [0.1, 0.15) is 6.10 Å². The molecule has 3 rings (SSSR count). The Kier molecular flexibility index (Phi) is 4.99. The van der Waals surface area contributed by atoms with Crippen molar-refractivity contribution in [3.05, 3.63) is 23.8 Å². The molecule has 1 aromatic rings. The monoisotopic (exact) mass is 290 g/mol. The SMILES string of the molecule is COc1ccc(CC2CCCN2)cc1OC1CCCNC1. The first-order chi connectivity index (χ1) is 10.3. The number of rotatable bonds is 5. The van der Waals surface area contributed by atoms with Crippen LogP contribution in [0.15, 0.2) is 18.2 Å². The minimum atomic E-state index is 0.257. The summed E-state index contributed by atoms with van der Waals surface area (Å²) in [5, 5.41) is 6.94. The molecule has 2 unspecified atom stereocenters. The number of nitrogens with one attached hydrogen (secondary N) is 2. The van der Waals surface area contributed by atoms with Crippen molar-refractivity contribution < 1.29 is 9.47 Å². The largest absolute Gasteiger partial charge is 0.493 e. The molecular weight excluding hydrogens is 264 g/mol. The minimum Gasteiger partial charge on any atom is -0.493 e. The Bertz CT molecular complexity index is 452. The molecule has 116 valence electrons. The molecule has 2 N–H and O–H groups in total. The van der Waals surface area contributed by atoms with Gasteiger partial charge in [-0.05, 0) is 62.9 Å². The van der Waals surface area contributed by atoms with Gasteiger partial charge >= 0.3 is 0 Å². The Morgan fingerprint density at radius 1 is 1.14 bits per heavy atom. The quantitative estimate of drug-likeness (QED) is 0.872. The lowest BCUT2D eigenvalue weighted by Gasteiger charge is -2.25. The maximum Gasteiger partial charge on any atom is 0.161 e. The summed E-state index contributed by atoms with van der Waals surface area (Å²) in [6, 6.07) is 6.97. The topological polar surface area (TPSA) is 42.5 Å². The van der Waals surface area contributed by atoms with Crippen molar-refractivity contribution in [2.45, 2.75) is 44.2 Å². The van der Waals surface area contributed by atoms with Crippen LogP contribution in [0, 0.1) is 0 Å². The van der Waals surface area contributed by atoms with Gasteiger partial charge in [-0.2, -0.15) is 0 Å². The zero-order valence-corrected chi connectivity index (χ0v) is 12.9. The van der Waals surface area contributed by atoms with Crippen LogP contribution in [-0.2, 0) is 6.42 Å². The van der Waals surface area contributed by atoms with E-state index >= 15 is 0 Å². The van der Waals surface area contributed by atoms with Gasteiger partial charge in [-0.1, -0.05) is 6.07 Å². The summed E-state index contributed by atoms with van der Waals surface area (Å²) < 4.78 is 11.6. The number of piperidine rings is 1. The highest BCUT2D eigenvalue weighted by molar-refractivity contribution is 5.43. The second kappa shape index (κ2) is 7.14. The van der Waals surface area contributed by atoms with Gasteiger partial charge in [0.25, 0.3) is 0 Å². The van der Waals surface area contributed by atoms with Crippen LogP contribution in [0.4, 0.5) is 0 Å². The Labute approximate surface area is 127 Å². The molecule has 0 spiro atoms. The van der Waals surface area contributed by atoms with Crippen LogP contribution < -0.4 is 20.1 Å². The van der Waals surface area contributed by atoms with E-state index in [4.69, 9.17) is 9.47 Å². The molecule has 2 aliphatic heterocycles. The van der Waals surface area contributed by atoms with Gasteiger partial charge in [0.05, 0.1) is 7.11 Å². The molecule has 4 heteroatoms. The number of hydrogen-bond donors (Lipinski definition) is 2. The fraction of sp³-hybridized carbons (Fsp3) is 0.647. The van der Waals surface area contributed by atoms with Crippen LogP contribution in [0.25, 0.3) is 0 Å². The van der Waals surface area contributed by atoms with Crippen molar-refractivity contribution in [1.82, 2.24) is 10.6 Å². The molecule has 0 aromatic heterocycles. The molecular formula is C17H26N2O2. The van der Waals surface area contributed by atoms with Crippen LogP contribution in [0.3, 0.4) is 0 Å². The molecule has 21 heavy (non-hydrogen) atoms. The third-order valence-corrected chi connectivity index (χ3v) is 4.42. The Morgan fingerprint density at radius 3 is 2.76 bits per heavy atom. The lowest BCUT2D eigenvalue weighted by molar-refractivity contribution is 0.161. The zero-order chi connectivity index (χ0) is 14.5. The lowest BCUT2D eigenvalue weighted by atomic mass is 10.0. The van der Waals surface area contributed by atoms with Gasteiger partial charge in [0.15, 0.2) is 11.5 Å². The average molecular weight is 290 g/mol. The van der Waals surface area contributed by atoms with Crippen LogP contribution in [0.5, 0.6) is 11.5 Å². The molecule has 2 fully saturated rings. The van der Waals surface area contributed by atoms with Gasteiger partial charge in [-0.3, -0.25) is 0 Å². The summed E-state index contributed by atoms with van der Waals surface area (Å²) in [5.74, 6) is 1.73. The van der Waals surface area contributed by atoms with E-state index < -0.39 is 0 Å². The van der Waals surface area contributed by atoms with E-state index in [2.05, 4.69) is 22.8 Å². The lowest BCUT2D eigenvalue weighted by Crippen LogP contribution is -2.37. The minimum absolute atomic E-state index is 0.257. The summed E-state index contributed by atoms with van der Waals surface area (Å²) in [4.78, 5) is 0. The van der Waals surface area contributed by atoms with E-state index in [9.17, 15) is 0 Å². The van der Waals surface area contributed by atoms with Gasteiger partial charge in [-0.25, -0.2) is 0 Å². The molecule has 2 aliphatic rings. The second-order valence-electron chi connectivity index (χ2n) is 6.07. The molecule has 2 atom stereocenters. The molecule has 0 amide bonds. The van der Waals surface area contributed by atoms with E-state index in [-0.39, 0.29) is 6.10 Å². The molecule has 1 aromatic carbocycles. The predicted molar refractivity (Wildman–Crippen MR) is 84.2 cm³/mol. The predicted octanol–water partition coefficient (Wildman–Crippen LogP) is 2.12. The third-order valence-electron chi connectivity index (χ3n) is 4.42. The van der Waals surface area contributed by atoms with E-state index in [1.807, 2.05) is 6.07 Å². The van der Waals surface area contributed by atoms with Crippen LogP contribution >= 0.6 is 0 Å². The van der Waals surface area contributed by atoms with E-state index in [1.165, 1.54) is 24.8 Å². The van der Waals surface area contributed by atoms with Crippen LogP contribution in [0.2, 0.25) is 0 Å². The molecule has 2 heterocycles. The van der Waals surface area contributed by atoms with Gasteiger partial charge in [0.2, 0.25) is 0 Å². The fourth-order valence-electron chi connectivity index (χ4n) is 3.26. The molecule has 4 nitrogen and oxygen atoms in total. The first-order valence-corrected chi connectivity index (χ1v) is 8.13. The highest BCUT2D eigenvalue weighted by atomic mass is 16.5. The summed E-state index contributed by atoms with van der Waals surface area (Å²) >= 11 is 0. The highest BCUT2D eigenvalue weighted by Crippen LogP contribution is 2.30. The van der Waals surface area contributed by atoms with Crippen molar-refractivity contribution in [2.24, 2.45) is 0 Å². The Hall–Kier alpha value is -1.26.